The van der Waals surface area contributed by atoms with Gasteiger partial charge in [-0.05, 0) is 62.0 Å². The fourth-order valence-corrected chi connectivity index (χ4v) is 5.25. The average molecular weight is 273 g/mol. The van der Waals surface area contributed by atoms with Gasteiger partial charge in [-0.1, -0.05) is 18.9 Å². The van der Waals surface area contributed by atoms with E-state index in [2.05, 4.69) is 11.9 Å². The Morgan fingerprint density at radius 2 is 2.10 bits per heavy atom. The lowest BCUT2D eigenvalue weighted by molar-refractivity contribution is -0.0680. The van der Waals surface area contributed by atoms with Crippen LogP contribution in [0.4, 0.5) is 0 Å². The highest BCUT2D eigenvalue weighted by molar-refractivity contribution is 5.46. The molecule has 2 aliphatic carbocycles. The molecule has 1 saturated heterocycles. The molecule has 1 saturated carbocycles. The predicted molar refractivity (Wildman–Crippen MR) is 77.7 cm³/mol. The SMILES string of the molecule is CN1CC[C@@]23CCCC[C@@H]2[C@H]1[C@@H](O)c1ccc(O)cc13. The predicted octanol–water partition coefficient (Wildman–Crippen LogP) is 2.57. The van der Waals surface area contributed by atoms with Crippen LogP contribution in [0.1, 0.15) is 49.3 Å². The van der Waals surface area contributed by atoms with Gasteiger partial charge in [0.05, 0.1) is 6.10 Å². The number of likely N-dealkylation sites (tertiary alicyclic amines) is 1. The number of likely N-dealkylation sites (N-methyl/N-ethyl adjacent to an activating group) is 1. The van der Waals surface area contributed by atoms with Crippen LogP contribution in [0.15, 0.2) is 18.2 Å². The monoisotopic (exact) mass is 273 g/mol. The van der Waals surface area contributed by atoms with E-state index >= 15 is 0 Å². The lowest BCUT2D eigenvalue weighted by Crippen LogP contribution is -2.61. The molecule has 0 amide bonds. The number of rotatable bonds is 0. The van der Waals surface area contributed by atoms with Crippen LogP contribution in [-0.4, -0.2) is 34.7 Å². The Morgan fingerprint density at radius 1 is 1.25 bits per heavy atom. The molecule has 1 aliphatic heterocycles. The van der Waals surface area contributed by atoms with E-state index in [-0.39, 0.29) is 11.5 Å². The van der Waals surface area contributed by atoms with Gasteiger partial charge in [-0.25, -0.2) is 0 Å². The largest absolute Gasteiger partial charge is 0.508 e. The highest BCUT2D eigenvalue weighted by Crippen LogP contribution is 2.58. The third-order valence-electron chi connectivity index (χ3n) is 6.15. The molecule has 20 heavy (non-hydrogen) atoms. The van der Waals surface area contributed by atoms with Crippen LogP contribution in [0.3, 0.4) is 0 Å². The van der Waals surface area contributed by atoms with Crippen molar-refractivity contribution in [2.24, 2.45) is 5.92 Å². The molecule has 108 valence electrons. The number of aromatic hydroxyl groups is 1. The van der Waals surface area contributed by atoms with E-state index in [0.29, 0.717) is 11.7 Å². The number of hydrogen-bond acceptors (Lipinski definition) is 3. The molecule has 2 N–H and O–H groups in total. The number of phenols is 1. The second-order valence-electron chi connectivity index (χ2n) is 6.95. The van der Waals surface area contributed by atoms with Gasteiger partial charge in [0.15, 0.2) is 0 Å². The van der Waals surface area contributed by atoms with Crippen molar-refractivity contribution in [3.63, 3.8) is 0 Å². The summed E-state index contributed by atoms with van der Waals surface area (Å²) >= 11 is 0. The molecule has 3 nitrogen and oxygen atoms in total. The molecule has 1 aromatic carbocycles. The lowest BCUT2D eigenvalue weighted by atomic mass is 9.52. The van der Waals surface area contributed by atoms with Crippen LogP contribution in [0.5, 0.6) is 5.75 Å². The second kappa shape index (κ2) is 4.22. The fourth-order valence-electron chi connectivity index (χ4n) is 5.25. The molecule has 0 aromatic heterocycles. The van der Waals surface area contributed by atoms with Crippen LogP contribution in [-0.2, 0) is 5.41 Å². The number of aliphatic hydroxyl groups is 1. The standard InChI is InChI=1S/C17H23NO2/c1-18-9-8-17-7-3-2-4-13(17)15(18)16(20)12-6-5-11(19)10-14(12)17/h5-6,10,13,15-16,19-20H,2-4,7-9H2,1H3/t13-,15+,16+,17+/m1/s1. The summed E-state index contributed by atoms with van der Waals surface area (Å²) < 4.78 is 0. The number of nitrogens with zero attached hydrogens (tertiary/aromatic N) is 1. The molecule has 2 bridgehead atoms. The van der Waals surface area contributed by atoms with Gasteiger partial charge in [0.1, 0.15) is 5.75 Å². The van der Waals surface area contributed by atoms with E-state index in [1.165, 1.54) is 31.2 Å². The van der Waals surface area contributed by atoms with Crippen molar-refractivity contribution in [2.45, 2.75) is 49.7 Å². The first-order chi connectivity index (χ1) is 9.63. The maximum Gasteiger partial charge on any atom is 0.115 e. The quantitative estimate of drug-likeness (QED) is 0.763. The highest BCUT2D eigenvalue weighted by atomic mass is 16.3. The third-order valence-corrected chi connectivity index (χ3v) is 6.15. The summed E-state index contributed by atoms with van der Waals surface area (Å²) in [7, 11) is 2.15. The van der Waals surface area contributed by atoms with Gasteiger partial charge in [-0.2, -0.15) is 0 Å². The van der Waals surface area contributed by atoms with Crippen molar-refractivity contribution >= 4 is 0 Å². The van der Waals surface area contributed by atoms with Crippen LogP contribution in [0.2, 0.25) is 0 Å². The Hall–Kier alpha value is -1.06. The summed E-state index contributed by atoms with van der Waals surface area (Å²) in [5, 5.41) is 20.8. The van der Waals surface area contributed by atoms with Crippen LogP contribution in [0.25, 0.3) is 0 Å². The number of benzene rings is 1. The van der Waals surface area contributed by atoms with E-state index in [1.54, 1.807) is 6.07 Å². The maximum absolute atomic E-state index is 10.8. The molecule has 4 rings (SSSR count). The zero-order valence-electron chi connectivity index (χ0n) is 12.0. The molecule has 3 heteroatoms. The van der Waals surface area contributed by atoms with E-state index < -0.39 is 6.10 Å². The van der Waals surface area contributed by atoms with Crippen LogP contribution in [0, 0.1) is 5.92 Å². The molecule has 0 radical (unpaired) electrons. The van der Waals surface area contributed by atoms with Gasteiger partial charge in [0.2, 0.25) is 0 Å². The Balaban J connectivity index is 1.95. The third kappa shape index (κ3) is 1.48. The van der Waals surface area contributed by atoms with Gasteiger partial charge in [-0.3, -0.25) is 0 Å². The summed E-state index contributed by atoms with van der Waals surface area (Å²) in [6.07, 6.45) is 5.72. The van der Waals surface area contributed by atoms with Crippen molar-refractivity contribution < 1.29 is 10.2 Å². The maximum atomic E-state index is 10.8. The number of hydrogen-bond donors (Lipinski definition) is 2. The summed E-state index contributed by atoms with van der Waals surface area (Å²) in [6, 6.07) is 5.84. The van der Waals surface area contributed by atoms with Crippen molar-refractivity contribution in [1.82, 2.24) is 4.90 Å². The Labute approximate surface area is 120 Å². The van der Waals surface area contributed by atoms with Gasteiger partial charge in [-0.15, -0.1) is 0 Å². The van der Waals surface area contributed by atoms with E-state index in [1.807, 2.05) is 12.1 Å². The molecule has 1 aromatic rings. The molecule has 1 heterocycles. The summed E-state index contributed by atoms with van der Waals surface area (Å²) in [4.78, 5) is 2.36. The van der Waals surface area contributed by atoms with Gasteiger partial charge < -0.3 is 15.1 Å². The normalized spacial score (nSPS) is 40.0. The molecule has 0 unspecified atom stereocenters. The zero-order chi connectivity index (χ0) is 13.9. The minimum Gasteiger partial charge on any atom is -0.508 e. The van der Waals surface area contributed by atoms with Crippen molar-refractivity contribution in [2.75, 3.05) is 13.6 Å². The van der Waals surface area contributed by atoms with Crippen molar-refractivity contribution in [1.29, 1.82) is 0 Å². The minimum atomic E-state index is -0.410. The molecule has 4 atom stereocenters. The number of phenolic OH excluding ortho intramolecular Hbond substituents is 1. The highest BCUT2D eigenvalue weighted by Gasteiger charge is 2.56. The average Bonchev–Trinajstić information content (AvgIpc) is 2.46. The number of fused-ring (bicyclic) bond motifs is 1. The van der Waals surface area contributed by atoms with E-state index in [0.717, 1.165) is 18.5 Å². The summed E-state index contributed by atoms with van der Waals surface area (Å²) in [5.74, 6) is 0.881. The minimum absolute atomic E-state index is 0.197. The Kier molecular flexibility index (Phi) is 2.67. The van der Waals surface area contributed by atoms with Gasteiger partial charge >= 0.3 is 0 Å². The lowest BCUT2D eigenvalue weighted by Gasteiger charge is -2.59. The first-order valence-electron chi connectivity index (χ1n) is 7.85. The van der Waals surface area contributed by atoms with E-state index in [4.69, 9.17) is 0 Å². The zero-order valence-corrected chi connectivity index (χ0v) is 12.0. The van der Waals surface area contributed by atoms with E-state index in [9.17, 15) is 10.2 Å². The van der Waals surface area contributed by atoms with Crippen LogP contribution < -0.4 is 0 Å². The first kappa shape index (κ1) is 12.7. The smallest absolute Gasteiger partial charge is 0.115 e. The second-order valence-corrected chi connectivity index (χ2v) is 6.95. The van der Waals surface area contributed by atoms with Crippen LogP contribution >= 0.6 is 0 Å². The molecule has 0 spiro atoms. The van der Waals surface area contributed by atoms with Crippen molar-refractivity contribution in [3.8, 4) is 5.75 Å². The molecule has 2 fully saturated rings. The Bertz CT molecular complexity index is 544. The fraction of sp³-hybridized carbons (Fsp3) is 0.647. The Morgan fingerprint density at radius 3 is 2.95 bits per heavy atom. The molecular weight excluding hydrogens is 250 g/mol. The molecule has 3 aliphatic rings. The molecular formula is C17H23NO2. The van der Waals surface area contributed by atoms with Crippen molar-refractivity contribution in [3.05, 3.63) is 29.3 Å². The number of piperidine rings is 1. The summed E-state index contributed by atoms with van der Waals surface area (Å²) in [6.45, 7) is 1.05. The van der Waals surface area contributed by atoms with Gasteiger partial charge in [0.25, 0.3) is 0 Å². The van der Waals surface area contributed by atoms with Gasteiger partial charge in [0, 0.05) is 11.5 Å². The topological polar surface area (TPSA) is 43.7 Å². The summed E-state index contributed by atoms with van der Waals surface area (Å²) in [5.41, 5.74) is 2.49. The first-order valence-corrected chi connectivity index (χ1v) is 7.85. The number of aliphatic hydroxyl groups excluding tert-OH is 1.